The van der Waals surface area contributed by atoms with Gasteiger partial charge in [-0.2, -0.15) is 8.78 Å². The van der Waals surface area contributed by atoms with Gasteiger partial charge in [-0.05, 0) is 36.2 Å². The molecule has 0 saturated carbocycles. The van der Waals surface area contributed by atoms with Crippen molar-refractivity contribution in [3.63, 3.8) is 0 Å². The van der Waals surface area contributed by atoms with Gasteiger partial charge in [-0.3, -0.25) is 4.98 Å². The lowest BCUT2D eigenvalue weighted by atomic mass is 10.1. The molecule has 6 heteroatoms. The second-order valence-electron chi connectivity index (χ2n) is 4.56. The van der Waals surface area contributed by atoms with Gasteiger partial charge in [0.05, 0.1) is 6.20 Å². The molecule has 112 valence electrons. The van der Waals surface area contributed by atoms with Crippen molar-refractivity contribution in [1.82, 2.24) is 10.3 Å². The quantitative estimate of drug-likeness (QED) is 0.883. The number of benzene rings is 1. The van der Waals surface area contributed by atoms with E-state index in [4.69, 9.17) is 0 Å². The lowest BCUT2D eigenvalue weighted by molar-refractivity contribution is -0.0498. The van der Waals surface area contributed by atoms with E-state index in [1.165, 1.54) is 18.2 Å². The van der Waals surface area contributed by atoms with E-state index in [1.807, 2.05) is 6.92 Å². The fourth-order valence-electron chi connectivity index (χ4n) is 1.89. The van der Waals surface area contributed by atoms with Crippen LogP contribution in [0.15, 0.2) is 42.7 Å². The summed E-state index contributed by atoms with van der Waals surface area (Å²) in [6.07, 6.45) is 2.72. The molecule has 1 heterocycles. The summed E-state index contributed by atoms with van der Waals surface area (Å²) in [4.78, 5) is 3.79. The molecule has 2 rings (SSSR count). The first-order valence-electron chi connectivity index (χ1n) is 6.42. The second-order valence-corrected chi connectivity index (χ2v) is 4.56. The van der Waals surface area contributed by atoms with Gasteiger partial charge < -0.3 is 10.1 Å². The third-order valence-corrected chi connectivity index (χ3v) is 2.96. The maximum atomic E-state index is 13.1. The van der Waals surface area contributed by atoms with E-state index in [9.17, 15) is 13.2 Å². The van der Waals surface area contributed by atoms with Crippen LogP contribution < -0.4 is 10.1 Å². The summed E-state index contributed by atoms with van der Waals surface area (Å²) in [6, 6.07) is 7.73. The lowest BCUT2D eigenvalue weighted by Crippen LogP contribution is -2.18. The molecule has 1 N–H and O–H groups in total. The van der Waals surface area contributed by atoms with Crippen LogP contribution in [0.1, 0.15) is 24.1 Å². The molecule has 2 aromatic rings. The SMILES string of the molecule is C[C@H](NCc1cccc(OC(F)F)c1)c1cncc(F)c1. The van der Waals surface area contributed by atoms with E-state index in [0.29, 0.717) is 6.54 Å². The molecule has 0 saturated heterocycles. The number of ether oxygens (including phenoxy) is 1. The molecule has 0 spiro atoms. The summed E-state index contributed by atoms with van der Waals surface area (Å²) in [6.45, 7) is -0.529. The number of nitrogens with zero attached hydrogens (tertiary/aromatic N) is 1. The van der Waals surface area contributed by atoms with Crippen LogP contribution in [0.5, 0.6) is 5.75 Å². The molecule has 1 atom stereocenters. The molecule has 0 aliphatic carbocycles. The van der Waals surface area contributed by atoms with Gasteiger partial charge in [0.25, 0.3) is 0 Å². The topological polar surface area (TPSA) is 34.1 Å². The number of hydrogen-bond acceptors (Lipinski definition) is 3. The highest BCUT2D eigenvalue weighted by molar-refractivity contribution is 5.28. The van der Waals surface area contributed by atoms with E-state index in [0.717, 1.165) is 17.3 Å². The molecule has 1 aromatic heterocycles. The van der Waals surface area contributed by atoms with Crippen molar-refractivity contribution in [2.45, 2.75) is 26.1 Å². The lowest BCUT2D eigenvalue weighted by Gasteiger charge is -2.14. The fourth-order valence-corrected chi connectivity index (χ4v) is 1.89. The second kappa shape index (κ2) is 7.08. The molecule has 0 fully saturated rings. The van der Waals surface area contributed by atoms with Gasteiger partial charge >= 0.3 is 6.61 Å². The van der Waals surface area contributed by atoms with Crippen LogP contribution in [0.2, 0.25) is 0 Å². The van der Waals surface area contributed by atoms with Crippen LogP contribution >= 0.6 is 0 Å². The molecule has 3 nitrogen and oxygen atoms in total. The minimum atomic E-state index is -2.84. The Morgan fingerprint density at radius 3 is 2.76 bits per heavy atom. The Bertz CT molecular complexity index is 593. The van der Waals surface area contributed by atoms with Gasteiger partial charge in [0.15, 0.2) is 0 Å². The zero-order valence-electron chi connectivity index (χ0n) is 11.4. The third kappa shape index (κ3) is 4.75. The summed E-state index contributed by atoms with van der Waals surface area (Å²) in [5, 5.41) is 3.17. The van der Waals surface area contributed by atoms with Gasteiger partial charge in [0, 0.05) is 18.8 Å². The molecule has 0 aliphatic rings. The highest BCUT2D eigenvalue weighted by Gasteiger charge is 2.08. The minimum Gasteiger partial charge on any atom is -0.435 e. The van der Waals surface area contributed by atoms with E-state index in [-0.39, 0.29) is 11.8 Å². The van der Waals surface area contributed by atoms with Crippen molar-refractivity contribution in [3.05, 3.63) is 59.7 Å². The predicted octanol–water partition coefficient (Wildman–Crippen LogP) is 3.67. The Morgan fingerprint density at radius 1 is 1.24 bits per heavy atom. The largest absolute Gasteiger partial charge is 0.435 e. The monoisotopic (exact) mass is 296 g/mol. The van der Waals surface area contributed by atoms with Gasteiger partial charge in [-0.25, -0.2) is 4.39 Å². The van der Waals surface area contributed by atoms with Crippen molar-refractivity contribution >= 4 is 0 Å². The number of alkyl halides is 2. The van der Waals surface area contributed by atoms with E-state index >= 15 is 0 Å². The molecule has 0 bridgehead atoms. The van der Waals surface area contributed by atoms with Crippen LogP contribution in [-0.2, 0) is 6.54 Å². The highest BCUT2D eigenvalue weighted by Crippen LogP contribution is 2.17. The van der Waals surface area contributed by atoms with Gasteiger partial charge in [-0.15, -0.1) is 0 Å². The smallest absolute Gasteiger partial charge is 0.387 e. The summed E-state index contributed by atoms with van der Waals surface area (Å²) < 4.78 is 41.7. The Hall–Kier alpha value is -2.08. The number of halogens is 3. The Labute approximate surface area is 120 Å². The van der Waals surface area contributed by atoms with Crippen LogP contribution in [0.25, 0.3) is 0 Å². The van der Waals surface area contributed by atoms with Crippen molar-refractivity contribution in [2.75, 3.05) is 0 Å². The van der Waals surface area contributed by atoms with E-state index < -0.39 is 12.4 Å². The first kappa shape index (κ1) is 15.3. The average molecular weight is 296 g/mol. The van der Waals surface area contributed by atoms with Crippen molar-refractivity contribution < 1.29 is 17.9 Å². The standard InChI is InChI=1S/C15H15F3N2O/c1-10(12-6-13(16)9-19-8-12)20-7-11-3-2-4-14(5-11)21-15(17)18/h2-6,8-10,15,20H,7H2,1H3/t10-/m0/s1. The summed E-state index contributed by atoms with van der Waals surface area (Å²) in [7, 11) is 0. The van der Waals surface area contributed by atoms with Gasteiger partial charge in [0.1, 0.15) is 11.6 Å². The first-order chi connectivity index (χ1) is 10.0. The normalized spacial score (nSPS) is 12.4. The minimum absolute atomic E-state index is 0.115. The average Bonchev–Trinajstić information content (AvgIpc) is 2.44. The first-order valence-corrected chi connectivity index (χ1v) is 6.42. The third-order valence-electron chi connectivity index (χ3n) is 2.96. The Balaban J connectivity index is 1.96. The number of aromatic nitrogens is 1. The number of rotatable bonds is 6. The zero-order valence-corrected chi connectivity index (χ0v) is 11.4. The summed E-state index contributed by atoms with van der Waals surface area (Å²) >= 11 is 0. The van der Waals surface area contributed by atoms with Crippen molar-refractivity contribution in [2.24, 2.45) is 0 Å². The highest BCUT2D eigenvalue weighted by atomic mass is 19.3. The maximum Gasteiger partial charge on any atom is 0.387 e. The Kier molecular flexibility index (Phi) is 5.16. The van der Waals surface area contributed by atoms with E-state index in [1.54, 1.807) is 18.3 Å². The number of nitrogens with one attached hydrogen (secondary N) is 1. The predicted molar refractivity (Wildman–Crippen MR) is 72.5 cm³/mol. The molecule has 0 aliphatic heterocycles. The van der Waals surface area contributed by atoms with Crippen molar-refractivity contribution in [3.8, 4) is 5.75 Å². The zero-order chi connectivity index (χ0) is 15.2. The van der Waals surface area contributed by atoms with Crippen LogP contribution in [0.4, 0.5) is 13.2 Å². The van der Waals surface area contributed by atoms with Crippen LogP contribution in [0.3, 0.4) is 0 Å². The molecular weight excluding hydrogens is 281 g/mol. The molecular formula is C15H15F3N2O. The number of pyridine rings is 1. The summed E-state index contributed by atoms with van der Waals surface area (Å²) in [5.41, 5.74) is 1.51. The maximum absolute atomic E-state index is 13.1. The van der Waals surface area contributed by atoms with Gasteiger partial charge in [-0.1, -0.05) is 12.1 Å². The Morgan fingerprint density at radius 2 is 2.05 bits per heavy atom. The van der Waals surface area contributed by atoms with E-state index in [2.05, 4.69) is 15.0 Å². The molecule has 21 heavy (non-hydrogen) atoms. The van der Waals surface area contributed by atoms with Gasteiger partial charge in [0.2, 0.25) is 0 Å². The molecule has 0 radical (unpaired) electrons. The molecule has 0 amide bonds. The summed E-state index contributed by atoms with van der Waals surface area (Å²) in [5.74, 6) is -0.280. The number of hydrogen-bond donors (Lipinski definition) is 1. The van der Waals surface area contributed by atoms with Crippen LogP contribution in [0, 0.1) is 5.82 Å². The van der Waals surface area contributed by atoms with Crippen LogP contribution in [-0.4, -0.2) is 11.6 Å². The van der Waals surface area contributed by atoms with Crippen molar-refractivity contribution in [1.29, 1.82) is 0 Å². The molecule has 0 unspecified atom stereocenters. The fraction of sp³-hybridized carbons (Fsp3) is 0.267. The molecule has 1 aromatic carbocycles.